The summed E-state index contributed by atoms with van der Waals surface area (Å²) >= 11 is 0. The molecule has 0 amide bonds. The molecule has 2 aromatic carbocycles. The molecule has 0 spiro atoms. The quantitative estimate of drug-likeness (QED) is 0.593. The van der Waals surface area contributed by atoms with Crippen LogP contribution in [-0.4, -0.2) is 4.57 Å². The van der Waals surface area contributed by atoms with Crippen molar-refractivity contribution in [2.75, 3.05) is 0 Å². The molecule has 0 unspecified atom stereocenters. The van der Waals surface area contributed by atoms with Crippen molar-refractivity contribution in [3.63, 3.8) is 0 Å². The fourth-order valence-electron chi connectivity index (χ4n) is 3.54. The first-order chi connectivity index (χ1) is 11.3. The summed E-state index contributed by atoms with van der Waals surface area (Å²) < 4.78 is 4.93. The number of nitrogens with zero attached hydrogens (tertiary/aromatic N) is 2. The highest BCUT2D eigenvalue weighted by atomic mass is 79.9. The number of hydrogen-bond donors (Lipinski definition) is 0. The van der Waals surface area contributed by atoms with Gasteiger partial charge in [0.1, 0.15) is 11.9 Å². The molecule has 0 bridgehead atoms. The third kappa shape index (κ3) is 3.18. The average Bonchev–Trinajstić information content (AvgIpc) is 2.78. The maximum Gasteiger partial charge on any atom is 0.262 e. The Bertz CT molecular complexity index is 804. The van der Waals surface area contributed by atoms with Crippen LogP contribution in [0.3, 0.4) is 0 Å². The van der Waals surface area contributed by atoms with Gasteiger partial charge in [-0.2, -0.15) is 4.57 Å². The summed E-state index contributed by atoms with van der Waals surface area (Å²) in [7, 11) is 0. The van der Waals surface area contributed by atoms with Gasteiger partial charge in [-0.25, -0.2) is 4.57 Å². The standard InChI is InChI=1S/C21H23N2.BrH/c1-17-11-13-19(14-12-17)23-16-20(18-8-4-2-5-9-18)22-15-7-3-6-10-21(22)23;/h2,4-5,8-9,11-14,16H,3,6-7,10,15H2,1H3;1H/q+1;/p-1. The minimum atomic E-state index is 0. The summed E-state index contributed by atoms with van der Waals surface area (Å²) in [6, 6.07) is 19.6. The molecule has 1 aromatic heterocycles. The Labute approximate surface area is 154 Å². The summed E-state index contributed by atoms with van der Waals surface area (Å²) in [6.45, 7) is 3.27. The van der Waals surface area contributed by atoms with Gasteiger partial charge in [0.25, 0.3) is 5.82 Å². The maximum absolute atomic E-state index is 2.53. The van der Waals surface area contributed by atoms with Gasteiger partial charge in [-0.15, -0.1) is 0 Å². The number of hydrogen-bond acceptors (Lipinski definition) is 0. The van der Waals surface area contributed by atoms with Gasteiger partial charge in [0.2, 0.25) is 0 Å². The van der Waals surface area contributed by atoms with Gasteiger partial charge >= 0.3 is 0 Å². The predicted molar refractivity (Wildman–Crippen MR) is 93.7 cm³/mol. The lowest BCUT2D eigenvalue weighted by Gasteiger charge is -2.03. The molecule has 1 aliphatic heterocycles. The zero-order chi connectivity index (χ0) is 15.6. The van der Waals surface area contributed by atoms with E-state index >= 15 is 0 Å². The van der Waals surface area contributed by atoms with Crippen molar-refractivity contribution in [3.8, 4) is 16.9 Å². The molecule has 3 aromatic rings. The second-order valence-electron chi connectivity index (χ2n) is 6.46. The van der Waals surface area contributed by atoms with E-state index in [2.05, 4.69) is 76.9 Å². The number of rotatable bonds is 2. The first kappa shape index (κ1) is 17.0. The topological polar surface area (TPSA) is 8.81 Å². The number of aryl methyl sites for hydroxylation is 1. The molecule has 0 saturated heterocycles. The molecule has 124 valence electrons. The van der Waals surface area contributed by atoms with Crippen LogP contribution in [-0.2, 0) is 13.0 Å². The van der Waals surface area contributed by atoms with E-state index in [-0.39, 0.29) is 17.0 Å². The van der Waals surface area contributed by atoms with Crippen LogP contribution in [0.5, 0.6) is 0 Å². The largest absolute Gasteiger partial charge is 1.00 e. The van der Waals surface area contributed by atoms with Crippen molar-refractivity contribution in [3.05, 3.63) is 72.2 Å². The number of imidazole rings is 1. The summed E-state index contributed by atoms with van der Waals surface area (Å²) in [5, 5.41) is 0. The average molecular weight is 383 g/mol. The van der Waals surface area contributed by atoms with Gasteiger partial charge in [-0.3, -0.25) is 0 Å². The van der Waals surface area contributed by atoms with Crippen LogP contribution < -0.4 is 21.5 Å². The molecule has 24 heavy (non-hydrogen) atoms. The van der Waals surface area contributed by atoms with E-state index in [1.165, 1.54) is 47.6 Å². The van der Waals surface area contributed by atoms with E-state index in [1.54, 1.807) is 0 Å². The molecular weight excluding hydrogens is 360 g/mol. The van der Waals surface area contributed by atoms with Crippen molar-refractivity contribution < 1.29 is 21.5 Å². The van der Waals surface area contributed by atoms with Gasteiger partial charge in [0.05, 0.1) is 6.54 Å². The van der Waals surface area contributed by atoms with E-state index in [0.717, 1.165) is 13.0 Å². The Balaban J connectivity index is 0.00000169. The van der Waals surface area contributed by atoms with Crippen LogP contribution in [0.15, 0.2) is 60.8 Å². The molecular formula is C21H23BrN2. The first-order valence-electron chi connectivity index (χ1n) is 8.59. The van der Waals surface area contributed by atoms with Crippen molar-refractivity contribution in [2.45, 2.75) is 39.2 Å². The second kappa shape index (κ2) is 7.35. The van der Waals surface area contributed by atoms with Crippen LogP contribution in [0.4, 0.5) is 0 Å². The number of benzene rings is 2. The van der Waals surface area contributed by atoms with Crippen LogP contribution >= 0.6 is 0 Å². The van der Waals surface area contributed by atoms with E-state index < -0.39 is 0 Å². The minimum absolute atomic E-state index is 0. The molecule has 0 fully saturated rings. The number of fused-ring (bicyclic) bond motifs is 1. The summed E-state index contributed by atoms with van der Waals surface area (Å²) in [5.41, 5.74) is 5.22. The fraction of sp³-hybridized carbons (Fsp3) is 0.286. The zero-order valence-electron chi connectivity index (χ0n) is 14.1. The summed E-state index contributed by atoms with van der Waals surface area (Å²) in [5.74, 6) is 1.44. The lowest BCUT2D eigenvalue weighted by molar-refractivity contribution is -0.692. The SMILES string of the molecule is Cc1ccc(-n2cc(-c3ccccc3)[n+]3c2CCCCC3)cc1.[Br-]. The van der Waals surface area contributed by atoms with Gasteiger partial charge in [-0.1, -0.05) is 48.0 Å². The molecule has 0 atom stereocenters. The summed E-state index contributed by atoms with van der Waals surface area (Å²) in [4.78, 5) is 0. The molecule has 0 aliphatic carbocycles. The summed E-state index contributed by atoms with van der Waals surface area (Å²) in [6.07, 6.45) is 7.35. The third-order valence-electron chi connectivity index (χ3n) is 4.80. The van der Waals surface area contributed by atoms with E-state index in [0.29, 0.717) is 0 Å². The van der Waals surface area contributed by atoms with Crippen molar-refractivity contribution in [1.29, 1.82) is 0 Å². The molecule has 2 nitrogen and oxygen atoms in total. The first-order valence-corrected chi connectivity index (χ1v) is 8.59. The predicted octanol–water partition coefficient (Wildman–Crippen LogP) is 1.47. The lowest BCUT2D eigenvalue weighted by atomic mass is 10.1. The Morgan fingerprint density at radius 3 is 2.38 bits per heavy atom. The monoisotopic (exact) mass is 382 g/mol. The minimum Gasteiger partial charge on any atom is -1.00 e. The molecule has 3 heteroatoms. The van der Waals surface area contributed by atoms with Crippen molar-refractivity contribution in [2.24, 2.45) is 0 Å². The van der Waals surface area contributed by atoms with Crippen LogP contribution in [0, 0.1) is 6.92 Å². The Morgan fingerprint density at radius 1 is 0.875 bits per heavy atom. The number of halogens is 1. The van der Waals surface area contributed by atoms with Gasteiger partial charge in [0, 0.05) is 12.0 Å². The maximum atomic E-state index is 2.53. The van der Waals surface area contributed by atoms with E-state index in [4.69, 9.17) is 0 Å². The normalized spacial score (nSPS) is 13.7. The van der Waals surface area contributed by atoms with Crippen LogP contribution in [0.1, 0.15) is 30.7 Å². The van der Waals surface area contributed by atoms with Crippen molar-refractivity contribution in [1.82, 2.24) is 4.57 Å². The molecule has 4 rings (SSSR count). The Kier molecular flexibility index (Phi) is 5.20. The highest BCUT2D eigenvalue weighted by Gasteiger charge is 2.26. The Hall–Kier alpha value is -1.87. The zero-order valence-corrected chi connectivity index (χ0v) is 15.7. The van der Waals surface area contributed by atoms with Crippen LogP contribution in [0.25, 0.3) is 16.9 Å². The molecule has 2 heterocycles. The highest BCUT2D eigenvalue weighted by molar-refractivity contribution is 5.56. The highest BCUT2D eigenvalue weighted by Crippen LogP contribution is 2.23. The van der Waals surface area contributed by atoms with Crippen LogP contribution in [0.2, 0.25) is 0 Å². The van der Waals surface area contributed by atoms with E-state index in [9.17, 15) is 0 Å². The fourth-order valence-corrected chi connectivity index (χ4v) is 3.54. The molecule has 0 N–H and O–H groups in total. The Morgan fingerprint density at radius 2 is 1.62 bits per heavy atom. The van der Waals surface area contributed by atoms with Crippen molar-refractivity contribution >= 4 is 0 Å². The lowest BCUT2D eigenvalue weighted by Crippen LogP contribution is -3.00. The van der Waals surface area contributed by atoms with Gasteiger partial charge < -0.3 is 17.0 Å². The van der Waals surface area contributed by atoms with E-state index in [1.807, 2.05) is 0 Å². The number of aromatic nitrogens is 2. The molecule has 0 saturated carbocycles. The smallest absolute Gasteiger partial charge is 0.262 e. The third-order valence-corrected chi connectivity index (χ3v) is 4.80. The van der Waals surface area contributed by atoms with Gasteiger partial charge in [-0.05, 0) is 38.3 Å². The molecule has 1 aliphatic rings. The molecule has 0 radical (unpaired) electrons. The van der Waals surface area contributed by atoms with Gasteiger partial charge in [0.15, 0.2) is 5.69 Å². The second-order valence-corrected chi connectivity index (χ2v) is 6.46.